The zero-order chi connectivity index (χ0) is 26.3. The number of rotatable bonds is 9. The molecule has 1 amide bonds. The Hall–Kier alpha value is -3.91. The minimum absolute atomic E-state index is 0.160. The van der Waals surface area contributed by atoms with Gasteiger partial charge < -0.3 is 14.8 Å². The molecule has 0 radical (unpaired) electrons. The fourth-order valence-electron chi connectivity index (χ4n) is 3.66. The van der Waals surface area contributed by atoms with Crippen molar-refractivity contribution in [2.45, 2.75) is 24.6 Å². The number of halogens is 3. The topological polar surface area (TPSA) is 47.6 Å². The second-order valence-electron chi connectivity index (χ2n) is 8.00. The van der Waals surface area contributed by atoms with Crippen molar-refractivity contribution in [3.05, 3.63) is 103 Å². The maximum atomic E-state index is 12.7. The molecular formula is C29H24F3NO3S. The molecule has 0 aliphatic rings. The van der Waals surface area contributed by atoms with Crippen molar-refractivity contribution < 1.29 is 27.4 Å². The molecule has 4 nitrogen and oxygen atoms in total. The van der Waals surface area contributed by atoms with E-state index in [1.807, 2.05) is 54.6 Å². The molecule has 0 spiro atoms. The molecule has 0 atom stereocenters. The summed E-state index contributed by atoms with van der Waals surface area (Å²) in [4.78, 5) is 13.9. The van der Waals surface area contributed by atoms with Crippen LogP contribution in [0.15, 0.2) is 102 Å². The van der Waals surface area contributed by atoms with Gasteiger partial charge in [-0.15, -0.1) is 24.9 Å². The number of hydrogen-bond donors (Lipinski definition) is 1. The Labute approximate surface area is 217 Å². The van der Waals surface area contributed by atoms with Crippen LogP contribution in [0.25, 0.3) is 11.1 Å². The van der Waals surface area contributed by atoms with Crippen LogP contribution in [-0.4, -0.2) is 18.0 Å². The van der Waals surface area contributed by atoms with Crippen molar-refractivity contribution in [3.63, 3.8) is 0 Å². The molecule has 190 valence electrons. The number of nitrogens with one attached hydrogen (secondary N) is 1. The van der Waals surface area contributed by atoms with E-state index in [1.165, 1.54) is 18.2 Å². The van der Waals surface area contributed by atoms with Crippen molar-refractivity contribution in [3.8, 4) is 28.4 Å². The highest BCUT2D eigenvalue weighted by Gasteiger charge is 2.31. The lowest BCUT2D eigenvalue weighted by molar-refractivity contribution is -0.274. The van der Waals surface area contributed by atoms with Gasteiger partial charge in [-0.05, 0) is 53.3 Å². The fraction of sp³-hybridized carbons (Fsp3) is 0.138. The molecule has 4 aromatic rings. The molecule has 8 heteroatoms. The quantitative estimate of drug-likeness (QED) is 0.224. The third kappa shape index (κ3) is 7.79. The predicted octanol–water partition coefficient (Wildman–Crippen LogP) is 8.34. The first kappa shape index (κ1) is 26.2. The van der Waals surface area contributed by atoms with E-state index >= 15 is 0 Å². The number of carbonyl (C=O) groups is 1. The predicted molar refractivity (Wildman–Crippen MR) is 140 cm³/mol. The van der Waals surface area contributed by atoms with E-state index in [4.69, 9.17) is 4.74 Å². The van der Waals surface area contributed by atoms with Crippen LogP contribution < -0.4 is 14.8 Å². The summed E-state index contributed by atoms with van der Waals surface area (Å²) in [5.41, 5.74) is 2.95. The van der Waals surface area contributed by atoms with Crippen LogP contribution >= 0.6 is 11.8 Å². The lowest BCUT2D eigenvalue weighted by Gasteiger charge is -2.15. The van der Waals surface area contributed by atoms with E-state index in [2.05, 4.69) is 17.0 Å². The second-order valence-corrected chi connectivity index (χ2v) is 9.34. The molecule has 1 N–H and O–H groups in total. The largest absolute Gasteiger partial charge is 0.573 e. The van der Waals surface area contributed by atoms with Crippen LogP contribution in [0.1, 0.15) is 12.5 Å². The van der Waals surface area contributed by atoms with Gasteiger partial charge in [-0.3, -0.25) is 4.79 Å². The first-order valence-electron chi connectivity index (χ1n) is 11.5. The summed E-state index contributed by atoms with van der Waals surface area (Å²) in [6.07, 6.45) is -4.61. The summed E-state index contributed by atoms with van der Waals surface area (Å²) >= 11 is 1.73. The molecule has 0 aliphatic carbocycles. The maximum absolute atomic E-state index is 12.7. The smallest absolute Gasteiger partial charge is 0.457 e. The van der Waals surface area contributed by atoms with Gasteiger partial charge in [0.25, 0.3) is 0 Å². The van der Waals surface area contributed by atoms with E-state index in [1.54, 1.807) is 30.0 Å². The van der Waals surface area contributed by atoms with Gasteiger partial charge in [0.2, 0.25) is 5.91 Å². The summed E-state index contributed by atoms with van der Waals surface area (Å²) in [6.45, 7) is 2.08. The zero-order valence-electron chi connectivity index (χ0n) is 19.9. The number of ether oxygens (including phenoxy) is 2. The average Bonchev–Trinajstić information content (AvgIpc) is 2.85. The Morgan fingerprint density at radius 2 is 1.59 bits per heavy atom. The number of hydrogen-bond acceptors (Lipinski definition) is 4. The molecule has 0 saturated heterocycles. The van der Waals surface area contributed by atoms with E-state index in [9.17, 15) is 18.0 Å². The summed E-state index contributed by atoms with van der Waals surface area (Å²) in [7, 11) is 0. The summed E-state index contributed by atoms with van der Waals surface area (Å²) in [5.74, 6) is 0.915. The highest BCUT2D eigenvalue weighted by Crippen LogP contribution is 2.37. The Bertz CT molecular complexity index is 1340. The number of anilines is 1. The zero-order valence-corrected chi connectivity index (χ0v) is 20.7. The second kappa shape index (κ2) is 11.9. The van der Waals surface area contributed by atoms with Crippen molar-refractivity contribution in [2.24, 2.45) is 0 Å². The molecule has 37 heavy (non-hydrogen) atoms. The van der Waals surface area contributed by atoms with Crippen molar-refractivity contribution in [1.82, 2.24) is 0 Å². The molecular weight excluding hydrogens is 499 g/mol. The normalized spacial score (nSPS) is 11.1. The Morgan fingerprint density at radius 3 is 2.30 bits per heavy atom. The third-order valence-corrected chi connectivity index (χ3v) is 6.11. The highest BCUT2D eigenvalue weighted by atomic mass is 32.2. The molecule has 4 aromatic carbocycles. The van der Waals surface area contributed by atoms with Crippen LogP contribution in [-0.2, 0) is 11.2 Å². The Kier molecular flexibility index (Phi) is 8.40. The van der Waals surface area contributed by atoms with Crippen LogP contribution in [0.4, 0.5) is 18.9 Å². The van der Waals surface area contributed by atoms with E-state index in [-0.39, 0.29) is 23.8 Å². The van der Waals surface area contributed by atoms with Crippen molar-refractivity contribution >= 4 is 23.4 Å². The maximum Gasteiger partial charge on any atom is 0.573 e. The highest BCUT2D eigenvalue weighted by molar-refractivity contribution is 7.99. The number of carbonyl (C=O) groups excluding carboxylic acids is 1. The number of benzene rings is 4. The van der Waals surface area contributed by atoms with Crippen LogP contribution in [0.5, 0.6) is 17.2 Å². The number of amides is 1. The first-order valence-corrected chi connectivity index (χ1v) is 12.5. The summed E-state index contributed by atoms with van der Waals surface area (Å²) in [6, 6.07) is 27.8. The lowest BCUT2D eigenvalue weighted by atomic mass is 10.0. The van der Waals surface area contributed by atoms with E-state index < -0.39 is 6.36 Å². The molecule has 0 saturated carbocycles. The summed E-state index contributed by atoms with van der Waals surface area (Å²) < 4.78 is 48.0. The molecule has 0 unspecified atom stereocenters. The van der Waals surface area contributed by atoms with Gasteiger partial charge in [-0.2, -0.15) is 0 Å². The third-order valence-electron chi connectivity index (χ3n) is 5.22. The number of alkyl halides is 3. The van der Waals surface area contributed by atoms with Crippen molar-refractivity contribution in [1.29, 1.82) is 0 Å². The minimum Gasteiger partial charge on any atom is -0.457 e. The van der Waals surface area contributed by atoms with Gasteiger partial charge in [0, 0.05) is 28.3 Å². The van der Waals surface area contributed by atoms with Gasteiger partial charge in [0.1, 0.15) is 17.2 Å². The lowest BCUT2D eigenvalue weighted by Crippen LogP contribution is -2.17. The minimum atomic E-state index is -4.81. The van der Waals surface area contributed by atoms with Gasteiger partial charge in [-0.1, -0.05) is 55.5 Å². The standard InChI is InChI=1S/C29H24F3NO3S/c1-2-37-25-14-11-20(12-15-25)17-28(34)33-22-13-16-26(21-7-4-3-5-8-21)27(18-22)35-23-9-6-10-24(19-23)36-29(30,31)32/h3-16,18-19H,2,17H2,1H3,(H,33,34). The average molecular weight is 524 g/mol. The molecule has 0 aliphatic heterocycles. The van der Waals surface area contributed by atoms with Gasteiger partial charge in [0.05, 0.1) is 6.42 Å². The SMILES string of the molecule is CCSc1ccc(CC(=O)Nc2ccc(-c3ccccc3)c(Oc3cccc(OC(F)(F)F)c3)c2)cc1. The Balaban J connectivity index is 1.56. The molecule has 0 bridgehead atoms. The fourth-order valence-corrected chi connectivity index (χ4v) is 4.33. The van der Waals surface area contributed by atoms with E-state index in [0.29, 0.717) is 17.0 Å². The molecule has 0 aromatic heterocycles. The van der Waals surface area contributed by atoms with Crippen LogP contribution in [0.2, 0.25) is 0 Å². The summed E-state index contributed by atoms with van der Waals surface area (Å²) in [5, 5.41) is 2.88. The van der Waals surface area contributed by atoms with Gasteiger partial charge in [0.15, 0.2) is 0 Å². The molecule has 0 heterocycles. The van der Waals surface area contributed by atoms with Gasteiger partial charge in [-0.25, -0.2) is 0 Å². The van der Waals surface area contributed by atoms with Crippen LogP contribution in [0, 0.1) is 0 Å². The first-order chi connectivity index (χ1) is 17.8. The monoisotopic (exact) mass is 523 g/mol. The van der Waals surface area contributed by atoms with E-state index in [0.717, 1.165) is 27.8 Å². The van der Waals surface area contributed by atoms with Crippen molar-refractivity contribution in [2.75, 3.05) is 11.1 Å². The number of thioether (sulfide) groups is 1. The van der Waals surface area contributed by atoms with Crippen LogP contribution in [0.3, 0.4) is 0 Å². The van der Waals surface area contributed by atoms with Gasteiger partial charge >= 0.3 is 6.36 Å². The molecule has 4 rings (SSSR count). The Morgan fingerprint density at radius 1 is 0.865 bits per heavy atom. The molecule has 0 fully saturated rings.